The van der Waals surface area contributed by atoms with E-state index >= 15 is 0 Å². The average molecular weight is 249 g/mol. The molecule has 0 aliphatic carbocycles. The number of pyridine rings is 1. The van der Waals surface area contributed by atoms with E-state index in [4.69, 9.17) is 12.2 Å². The maximum absolute atomic E-state index is 5.66. The summed E-state index contributed by atoms with van der Waals surface area (Å²) in [6.07, 6.45) is 0.977. The lowest BCUT2D eigenvalue weighted by molar-refractivity contribution is 1.01. The Morgan fingerprint density at radius 2 is 1.72 bits per heavy atom. The van der Waals surface area contributed by atoms with Crippen LogP contribution in [0.1, 0.15) is 11.3 Å². The van der Waals surface area contributed by atoms with Crippen LogP contribution in [-0.4, -0.2) is 4.57 Å². The molecule has 0 bridgehead atoms. The van der Waals surface area contributed by atoms with E-state index in [1.165, 1.54) is 22.3 Å². The number of nitrogens with zero attached hydrogens (tertiary/aromatic N) is 1. The third-order valence-electron chi connectivity index (χ3n) is 3.61. The SMILES string of the molecule is S=c1c2ccccc2cc2n1-c1ccccc1C2. The maximum atomic E-state index is 5.66. The van der Waals surface area contributed by atoms with E-state index < -0.39 is 0 Å². The molecule has 0 saturated carbocycles. The molecule has 0 radical (unpaired) electrons. The Balaban J connectivity index is 2.18. The summed E-state index contributed by atoms with van der Waals surface area (Å²) in [4.78, 5) is 0. The van der Waals surface area contributed by atoms with Crippen molar-refractivity contribution in [1.82, 2.24) is 4.57 Å². The van der Waals surface area contributed by atoms with Gasteiger partial charge in [0.2, 0.25) is 0 Å². The zero-order chi connectivity index (χ0) is 12.1. The van der Waals surface area contributed by atoms with E-state index in [-0.39, 0.29) is 0 Å². The first-order chi connectivity index (χ1) is 8.84. The summed E-state index contributed by atoms with van der Waals surface area (Å²) in [7, 11) is 0. The lowest BCUT2D eigenvalue weighted by atomic mass is 10.1. The monoisotopic (exact) mass is 249 g/mol. The Bertz CT molecular complexity index is 830. The highest BCUT2D eigenvalue weighted by Gasteiger charge is 2.18. The molecule has 2 heteroatoms. The van der Waals surface area contributed by atoms with Gasteiger partial charge in [-0.2, -0.15) is 0 Å². The predicted octanol–water partition coefficient (Wildman–Crippen LogP) is 4.26. The summed E-state index contributed by atoms with van der Waals surface area (Å²) in [6, 6.07) is 19.1. The molecule has 3 aromatic rings. The fourth-order valence-electron chi connectivity index (χ4n) is 2.78. The van der Waals surface area contributed by atoms with Gasteiger partial charge in [-0.3, -0.25) is 0 Å². The van der Waals surface area contributed by atoms with E-state index in [1.807, 2.05) is 6.07 Å². The molecular formula is C16H11NS. The second-order valence-electron chi connectivity index (χ2n) is 4.67. The molecule has 0 spiro atoms. The summed E-state index contributed by atoms with van der Waals surface area (Å²) >= 11 is 5.66. The van der Waals surface area contributed by atoms with Gasteiger partial charge < -0.3 is 4.57 Å². The number of benzene rings is 2. The van der Waals surface area contributed by atoms with Crippen molar-refractivity contribution >= 4 is 23.0 Å². The van der Waals surface area contributed by atoms with E-state index in [2.05, 4.69) is 53.1 Å². The zero-order valence-electron chi connectivity index (χ0n) is 9.76. The van der Waals surface area contributed by atoms with Crippen LogP contribution in [-0.2, 0) is 6.42 Å². The van der Waals surface area contributed by atoms with Crippen LogP contribution in [0.2, 0.25) is 0 Å². The van der Waals surface area contributed by atoms with Crippen LogP contribution >= 0.6 is 12.2 Å². The van der Waals surface area contributed by atoms with Gasteiger partial charge in [-0.15, -0.1) is 0 Å². The van der Waals surface area contributed by atoms with E-state index in [0.29, 0.717) is 0 Å². The molecule has 2 aromatic carbocycles. The normalized spacial score (nSPS) is 12.4. The summed E-state index contributed by atoms with van der Waals surface area (Å²) in [5.74, 6) is 0. The highest BCUT2D eigenvalue weighted by atomic mass is 32.1. The van der Waals surface area contributed by atoms with E-state index in [0.717, 1.165) is 16.4 Å². The standard InChI is InChI=1S/C16H11NS/c18-16-14-7-3-1-5-11(14)9-13-10-12-6-2-4-8-15(12)17(13)16/h1-9H,10H2. The first-order valence-electron chi connectivity index (χ1n) is 6.06. The van der Waals surface area contributed by atoms with Crippen molar-refractivity contribution in [2.24, 2.45) is 0 Å². The van der Waals surface area contributed by atoms with Gasteiger partial charge in [0.05, 0.1) is 5.69 Å². The van der Waals surface area contributed by atoms with Crippen LogP contribution in [0.3, 0.4) is 0 Å². The van der Waals surface area contributed by atoms with Crippen molar-refractivity contribution < 1.29 is 0 Å². The molecule has 4 rings (SSSR count). The molecule has 1 nitrogen and oxygen atoms in total. The molecule has 0 atom stereocenters. The van der Waals surface area contributed by atoms with Crippen molar-refractivity contribution in [3.63, 3.8) is 0 Å². The summed E-state index contributed by atoms with van der Waals surface area (Å²) in [6.45, 7) is 0. The topological polar surface area (TPSA) is 4.93 Å². The Morgan fingerprint density at radius 1 is 0.944 bits per heavy atom. The Labute approximate surface area is 110 Å². The minimum atomic E-state index is 0.924. The van der Waals surface area contributed by atoms with Gasteiger partial charge >= 0.3 is 0 Å². The Morgan fingerprint density at radius 3 is 2.67 bits per heavy atom. The van der Waals surface area contributed by atoms with Crippen LogP contribution in [0.15, 0.2) is 54.6 Å². The molecule has 1 aliphatic heterocycles. The quantitative estimate of drug-likeness (QED) is 0.421. The van der Waals surface area contributed by atoms with Crippen LogP contribution in [0.5, 0.6) is 0 Å². The summed E-state index contributed by atoms with van der Waals surface area (Å²) < 4.78 is 3.14. The molecule has 2 heterocycles. The highest BCUT2D eigenvalue weighted by Crippen LogP contribution is 2.31. The number of aromatic nitrogens is 1. The third kappa shape index (κ3) is 1.24. The predicted molar refractivity (Wildman–Crippen MR) is 76.9 cm³/mol. The van der Waals surface area contributed by atoms with Gasteiger partial charge in [0, 0.05) is 17.5 Å². The van der Waals surface area contributed by atoms with Gasteiger partial charge in [-0.25, -0.2) is 0 Å². The largest absolute Gasteiger partial charge is 0.304 e. The Kier molecular flexibility index (Phi) is 1.97. The van der Waals surface area contributed by atoms with Crippen LogP contribution in [0.25, 0.3) is 16.5 Å². The molecule has 1 aliphatic rings. The third-order valence-corrected chi connectivity index (χ3v) is 4.01. The van der Waals surface area contributed by atoms with Crippen LogP contribution < -0.4 is 0 Å². The number of para-hydroxylation sites is 1. The lowest BCUT2D eigenvalue weighted by Crippen LogP contribution is -1.98. The fraction of sp³-hybridized carbons (Fsp3) is 0.0625. The Hall–Kier alpha value is -1.93. The first-order valence-corrected chi connectivity index (χ1v) is 6.47. The summed E-state index contributed by atoms with van der Waals surface area (Å²) in [5.41, 5.74) is 3.89. The number of fused-ring (bicyclic) bond motifs is 4. The fourth-order valence-corrected chi connectivity index (χ4v) is 3.18. The van der Waals surface area contributed by atoms with Gasteiger partial charge in [-0.1, -0.05) is 54.7 Å². The minimum Gasteiger partial charge on any atom is -0.304 e. The van der Waals surface area contributed by atoms with Crippen molar-refractivity contribution in [2.75, 3.05) is 0 Å². The second-order valence-corrected chi connectivity index (χ2v) is 5.06. The molecule has 0 saturated heterocycles. The van der Waals surface area contributed by atoms with Crippen LogP contribution in [0.4, 0.5) is 0 Å². The van der Waals surface area contributed by atoms with Crippen molar-refractivity contribution in [3.05, 3.63) is 70.5 Å². The van der Waals surface area contributed by atoms with Gasteiger partial charge in [-0.05, 0) is 23.1 Å². The average Bonchev–Trinajstić information content (AvgIpc) is 2.77. The lowest BCUT2D eigenvalue weighted by Gasteiger charge is -2.09. The molecule has 0 unspecified atom stereocenters. The molecule has 0 amide bonds. The number of hydrogen-bond acceptors (Lipinski definition) is 1. The van der Waals surface area contributed by atoms with E-state index in [1.54, 1.807) is 0 Å². The summed E-state index contributed by atoms with van der Waals surface area (Å²) in [5, 5.41) is 2.40. The molecule has 0 N–H and O–H groups in total. The molecule has 1 aromatic heterocycles. The van der Waals surface area contributed by atoms with E-state index in [9.17, 15) is 0 Å². The second kappa shape index (κ2) is 3.53. The smallest absolute Gasteiger partial charge is 0.118 e. The van der Waals surface area contributed by atoms with Crippen molar-refractivity contribution in [2.45, 2.75) is 6.42 Å². The van der Waals surface area contributed by atoms with Gasteiger partial charge in [0.25, 0.3) is 0 Å². The number of hydrogen-bond donors (Lipinski definition) is 0. The number of rotatable bonds is 0. The van der Waals surface area contributed by atoms with Crippen LogP contribution in [0, 0.1) is 4.64 Å². The highest BCUT2D eigenvalue weighted by molar-refractivity contribution is 7.71. The molecule has 86 valence electrons. The zero-order valence-corrected chi connectivity index (χ0v) is 10.6. The van der Waals surface area contributed by atoms with Gasteiger partial charge in [0.1, 0.15) is 4.64 Å². The van der Waals surface area contributed by atoms with Gasteiger partial charge in [0.15, 0.2) is 0 Å². The minimum absolute atomic E-state index is 0.924. The van der Waals surface area contributed by atoms with Crippen molar-refractivity contribution in [1.29, 1.82) is 0 Å². The maximum Gasteiger partial charge on any atom is 0.118 e. The molecule has 0 fully saturated rings. The molecule has 18 heavy (non-hydrogen) atoms. The molecular weight excluding hydrogens is 238 g/mol. The first kappa shape index (κ1) is 10.0. The van der Waals surface area contributed by atoms with Crippen molar-refractivity contribution in [3.8, 4) is 5.69 Å².